The maximum atomic E-state index is 3.21. The van der Waals surface area contributed by atoms with Crippen molar-refractivity contribution in [2.75, 3.05) is 12.4 Å². The van der Waals surface area contributed by atoms with Crippen LogP contribution in [0.1, 0.15) is 18.1 Å². The Labute approximate surface area is 68.4 Å². The van der Waals surface area contributed by atoms with E-state index in [2.05, 4.69) is 37.4 Å². The third kappa shape index (κ3) is 1.53. The summed E-state index contributed by atoms with van der Waals surface area (Å²) in [4.78, 5) is 0. The van der Waals surface area contributed by atoms with Crippen LogP contribution in [0.2, 0.25) is 0 Å². The Hall–Kier alpha value is -0.980. The van der Waals surface area contributed by atoms with E-state index in [9.17, 15) is 0 Å². The first-order valence-corrected chi connectivity index (χ1v) is 4.05. The van der Waals surface area contributed by atoms with Crippen molar-refractivity contribution in [2.45, 2.75) is 20.3 Å². The predicted octanol–water partition coefficient (Wildman–Crippen LogP) is 2.60. The highest BCUT2D eigenvalue weighted by Crippen LogP contribution is 2.19. The minimum Gasteiger partial charge on any atom is -0.388 e. The molecule has 0 aromatic heterocycles. The summed E-state index contributed by atoms with van der Waals surface area (Å²) in [7, 11) is 1.97. The Bertz CT molecular complexity index is 241. The van der Waals surface area contributed by atoms with Crippen LogP contribution in [0.3, 0.4) is 0 Å². The lowest BCUT2D eigenvalue weighted by Gasteiger charge is -2.09. The molecule has 0 spiro atoms. The summed E-state index contributed by atoms with van der Waals surface area (Å²) in [6.07, 6.45) is 1.10. The minimum atomic E-state index is 1.10. The van der Waals surface area contributed by atoms with Crippen molar-refractivity contribution >= 4 is 5.69 Å². The summed E-state index contributed by atoms with van der Waals surface area (Å²) < 4.78 is 0. The van der Waals surface area contributed by atoms with Crippen LogP contribution in [-0.2, 0) is 6.42 Å². The molecule has 0 radical (unpaired) electrons. The number of benzene rings is 1. The van der Waals surface area contributed by atoms with Crippen LogP contribution in [0.5, 0.6) is 0 Å². The van der Waals surface area contributed by atoms with Gasteiger partial charge in [-0.2, -0.15) is 0 Å². The zero-order valence-electron chi connectivity index (χ0n) is 7.44. The molecule has 1 aromatic rings. The molecule has 1 N–H and O–H groups in total. The van der Waals surface area contributed by atoms with E-state index in [0.29, 0.717) is 0 Å². The third-order valence-corrected chi connectivity index (χ3v) is 1.99. The fraction of sp³-hybridized carbons (Fsp3) is 0.400. The summed E-state index contributed by atoms with van der Waals surface area (Å²) in [5.74, 6) is 0. The molecule has 0 aliphatic carbocycles. The summed E-state index contributed by atoms with van der Waals surface area (Å²) in [6, 6.07) is 6.40. The van der Waals surface area contributed by atoms with E-state index in [1.54, 1.807) is 0 Å². The van der Waals surface area contributed by atoms with Crippen LogP contribution < -0.4 is 5.32 Å². The molecule has 0 aliphatic rings. The molecular formula is C10H15N. The fourth-order valence-corrected chi connectivity index (χ4v) is 1.38. The summed E-state index contributed by atoms with van der Waals surface area (Å²) in [5, 5.41) is 3.21. The summed E-state index contributed by atoms with van der Waals surface area (Å²) >= 11 is 0. The number of rotatable bonds is 2. The minimum absolute atomic E-state index is 1.10. The predicted molar refractivity (Wildman–Crippen MR) is 50.1 cm³/mol. The quantitative estimate of drug-likeness (QED) is 0.681. The van der Waals surface area contributed by atoms with E-state index < -0.39 is 0 Å². The molecule has 1 rings (SSSR count). The van der Waals surface area contributed by atoms with Crippen molar-refractivity contribution in [3.63, 3.8) is 0 Å². The van der Waals surface area contributed by atoms with Gasteiger partial charge in [0.2, 0.25) is 0 Å². The number of aryl methyl sites for hydroxylation is 2. The second-order valence-electron chi connectivity index (χ2n) is 2.71. The molecule has 0 unspecified atom stereocenters. The number of hydrogen-bond donors (Lipinski definition) is 1. The molecular weight excluding hydrogens is 134 g/mol. The molecule has 11 heavy (non-hydrogen) atoms. The summed E-state index contributed by atoms with van der Waals surface area (Å²) in [6.45, 7) is 4.31. The van der Waals surface area contributed by atoms with Crippen LogP contribution in [-0.4, -0.2) is 7.05 Å². The first-order valence-electron chi connectivity index (χ1n) is 4.05. The van der Waals surface area contributed by atoms with Crippen molar-refractivity contribution in [3.8, 4) is 0 Å². The van der Waals surface area contributed by atoms with Crippen LogP contribution in [0.15, 0.2) is 18.2 Å². The number of nitrogens with one attached hydrogen (secondary N) is 1. The molecule has 0 heterocycles. The third-order valence-electron chi connectivity index (χ3n) is 1.99. The van der Waals surface area contributed by atoms with E-state index in [4.69, 9.17) is 0 Å². The van der Waals surface area contributed by atoms with Gasteiger partial charge in [0.1, 0.15) is 0 Å². The topological polar surface area (TPSA) is 12.0 Å². The Morgan fingerprint density at radius 3 is 2.55 bits per heavy atom. The van der Waals surface area contributed by atoms with Gasteiger partial charge in [-0.05, 0) is 24.5 Å². The van der Waals surface area contributed by atoms with Crippen molar-refractivity contribution in [3.05, 3.63) is 29.3 Å². The lowest BCUT2D eigenvalue weighted by atomic mass is 10.1. The first kappa shape index (κ1) is 8.12. The Kier molecular flexibility index (Phi) is 2.53. The van der Waals surface area contributed by atoms with E-state index >= 15 is 0 Å². The lowest BCUT2D eigenvalue weighted by molar-refractivity contribution is 1.13. The monoisotopic (exact) mass is 149 g/mol. The van der Waals surface area contributed by atoms with Crippen LogP contribution >= 0.6 is 0 Å². The molecule has 0 fully saturated rings. The highest BCUT2D eigenvalue weighted by molar-refractivity contribution is 5.56. The first-order chi connectivity index (χ1) is 5.29. The highest BCUT2D eigenvalue weighted by atomic mass is 14.8. The SMILES string of the molecule is CCc1cccc(C)c1NC. The maximum absolute atomic E-state index is 3.21. The van der Waals surface area contributed by atoms with Gasteiger partial charge < -0.3 is 5.32 Å². The molecule has 0 atom stereocenters. The van der Waals surface area contributed by atoms with Crippen molar-refractivity contribution in [2.24, 2.45) is 0 Å². The van der Waals surface area contributed by atoms with Crippen LogP contribution in [0.25, 0.3) is 0 Å². The van der Waals surface area contributed by atoms with Crippen LogP contribution in [0, 0.1) is 6.92 Å². The number of para-hydroxylation sites is 1. The number of hydrogen-bond acceptors (Lipinski definition) is 1. The second-order valence-corrected chi connectivity index (χ2v) is 2.71. The maximum Gasteiger partial charge on any atom is 0.0399 e. The largest absolute Gasteiger partial charge is 0.388 e. The zero-order valence-corrected chi connectivity index (χ0v) is 7.44. The average molecular weight is 149 g/mol. The van der Waals surface area contributed by atoms with Gasteiger partial charge in [0, 0.05) is 12.7 Å². The Morgan fingerprint density at radius 2 is 2.09 bits per heavy atom. The molecule has 1 heteroatoms. The van der Waals surface area contributed by atoms with E-state index in [1.165, 1.54) is 16.8 Å². The zero-order chi connectivity index (χ0) is 8.27. The molecule has 0 saturated carbocycles. The van der Waals surface area contributed by atoms with Crippen LogP contribution in [0.4, 0.5) is 5.69 Å². The Morgan fingerprint density at radius 1 is 1.36 bits per heavy atom. The highest BCUT2D eigenvalue weighted by Gasteiger charge is 1.99. The van der Waals surface area contributed by atoms with Crippen molar-refractivity contribution in [1.29, 1.82) is 0 Å². The molecule has 0 amide bonds. The van der Waals surface area contributed by atoms with Gasteiger partial charge in [-0.3, -0.25) is 0 Å². The normalized spacial score (nSPS) is 9.73. The van der Waals surface area contributed by atoms with Gasteiger partial charge in [-0.15, -0.1) is 0 Å². The fourth-order valence-electron chi connectivity index (χ4n) is 1.38. The van der Waals surface area contributed by atoms with Gasteiger partial charge in [-0.1, -0.05) is 25.1 Å². The lowest BCUT2D eigenvalue weighted by Crippen LogP contribution is -1.96. The molecule has 0 bridgehead atoms. The van der Waals surface area contributed by atoms with E-state index in [1.807, 2.05) is 7.05 Å². The number of anilines is 1. The molecule has 0 saturated heterocycles. The molecule has 0 aliphatic heterocycles. The van der Waals surface area contributed by atoms with Gasteiger partial charge in [0.25, 0.3) is 0 Å². The second kappa shape index (κ2) is 3.42. The Balaban J connectivity index is 3.13. The van der Waals surface area contributed by atoms with Gasteiger partial charge in [0.05, 0.1) is 0 Å². The molecule has 60 valence electrons. The van der Waals surface area contributed by atoms with Gasteiger partial charge >= 0.3 is 0 Å². The molecule has 1 nitrogen and oxygen atoms in total. The van der Waals surface area contributed by atoms with Gasteiger partial charge in [-0.25, -0.2) is 0 Å². The average Bonchev–Trinajstić information content (AvgIpc) is 2.04. The molecule has 1 aromatic carbocycles. The smallest absolute Gasteiger partial charge is 0.0399 e. The standard InChI is InChI=1S/C10H15N/c1-4-9-7-5-6-8(2)10(9)11-3/h5-7,11H,4H2,1-3H3. The van der Waals surface area contributed by atoms with Crippen molar-refractivity contribution in [1.82, 2.24) is 0 Å². The van der Waals surface area contributed by atoms with E-state index in [0.717, 1.165) is 6.42 Å². The van der Waals surface area contributed by atoms with Gasteiger partial charge in [0.15, 0.2) is 0 Å². The van der Waals surface area contributed by atoms with Crippen molar-refractivity contribution < 1.29 is 0 Å². The van der Waals surface area contributed by atoms with E-state index in [-0.39, 0.29) is 0 Å². The summed E-state index contributed by atoms with van der Waals surface area (Å²) in [5.41, 5.74) is 4.01.